The fraction of sp³-hybridized carbons (Fsp3) is 0.467. The summed E-state index contributed by atoms with van der Waals surface area (Å²) in [6.45, 7) is 4.14. The fourth-order valence-electron chi connectivity index (χ4n) is 1.73. The van der Waals surface area contributed by atoms with Crippen molar-refractivity contribution in [2.75, 3.05) is 20.7 Å². The van der Waals surface area contributed by atoms with Crippen LogP contribution in [0.2, 0.25) is 0 Å². The van der Waals surface area contributed by atoms with Crippen molar-refractivity contribution < 1.29 is 14.7 Å². The summed E-state index contributed by atoms with van der Waals surface area (Å²) in [5, 5.41) is 12.1. The van der Waals surface area contributed by atoms with Crippen LogP contribution in [0, 0.1) is 6.92 Å². The summed E-state index contributed by atoms with van der Waals surface area (Å²) in [5.74, 6) is 0.767. The van der Waals surface area contributed by atoms with Crippen molar-refractivity contribution >= 4 is 11.6 Å². The molecule has 110 valence electrons. The Kier molecular flexibility index (Phi) is 6.03. The molecular formula is C15H22N2O3. The Balaban J connectivity index is 2.63. The number of rotatable bonds is 6. The molecule has 0 radical (unpaired) electrons. The lowest BCUT2D eigenvalue weighted by molar-refractivity contribution is -0.128. The number of hydrogen-bond donors (Lipinski definition) is 1. The number of carbonyl (C=O) groups is 1. The third-order valence-electron chi connectivity index (χ3n) is 2.97. The molecule has 1 amide bonds. The SMILES string of the molecule is CC(=NO)c1ccc(C)cc1OCCCC(=O)N(C)C. The maximum atomic E-state index is 11.4. The summed E-state index contributed by atoms with van der Waals surface area (Å²) in [6, 6.07) is 5.70. The third kappa shape index (κ3) is 4.57. The van der Waals surface area contributed by atoms with E-state index in [0.29, 0.717) is 30.9 Å². The molecule has 0 aliphatic heterocycles. The highest BCUT2D eigenvalue weighted by atomic mass is 16.5. The average Bonchev–Trinajstić information content (AvgIpc) is 2.42. The monoisotopic (exact) mass is 278 g/mol. The van der Waals surface area contributed by atoms with Gasteiger partial charge < -0.3 is 14.8 Å². The molecule has 0 atom stereocenters. The highest BCUT2D eigenvalue weighted by molar-refractivity contribution is 6.00. The molecule has 0 fully saturated rings. The maximum absolute atomic E-state index is 11.4. The molecule has 0 unspecified atom stereocenters. The van der Waals surface area contributed by atoms with E-state index in [4.69, 9.17) is 9.94 Å². The first-order valence-electron chi connectivity index (χ1n) is 6.58. The van der Waals surface area contributed by atoms with Crippen molar-refractivity contribution in [3.63, 3.8) is 0 Å². The Labute approximate surface area is 119 Å². The largest absolute Gasteiger partial charge is 0.493 e. The molecular weight excluding hydrogens is 256 g/mol. The van der Waals surface area contributed by atoms with E-state index < -0.39 is 0 Å². The van der Waals surface area contributed by atoms with Gasteiger partial charge in [-0.25, -0.2) is 0 Å². The van der Waals surface area contributed by atoms with Gasteiger partial charge in [0.05, 0.1) is 12.3 Å². The quantitative estimate of drug-likeness (QED) is 0.376. The van der Waals surface area contributed by atoms with Gasteiger partial charge in [-0.05, 0) is 38.0 Å². The summed E-state index contributed by atoms with van der Waals surface area (Å²) in [4.78, 5) is 13.0. The molecule has 1 rings (SSSR count). The molecule has 0 spiro atoms. The first-order valence-corrected chi connectivity index (χ1v) is 6.58. The third-order valence-corrected chi connectivity index (χ3v) is 2.97. The van der Waals surface area contributed by atoms with Crippen LogP contribution in [0.3, 0.4) is 0 Å². The van der Waals surface area contributed by atoms with Gasteiger partial charge in [0.25, 0.3) is 0 Å². The summed E-state index contributed by atoms with van der Waals surface area (Å²) >= 11 is 0. The Morgan fingerprint density at radius 2 is 2.10 bits per heavy atom. The van der Waals surface area contributed by atoms with E-state index in [9.17, 15) is 4.79 Å². The molecule has 0 saturated heterocycles. The lowest BCUT2D eigenvalue weighted by atomic mass is 10.1. The molecule has 0 heterocycles. The number of nitrogens with zero attached hydrogens (tertiary/aromatic N) is 2. The molecule has 20 heavy (non-hydrogen) atoms. The second-order valence-corrected chi connectivity index (χ2v) is 4.93. The second-order valence-electron chi connectivity index (χ2n) is 4.93. The van der Waals surface area contributed by atoms with Gasteiger partial charge in [0.15, 0.2) is 0 Å². The van der Waals surface area contributed by atoms with Gasteiger partial charge >= 0.3 is 0 Å². The number of ether oxygens (including phenoxy) is 1. The number of benzene rings is 1. The van der Waals surface area contributed by atoms with Crippen LogP contribution in [0.25, 0.3) is 0 Å². The van der Waals surface area contributed by atoms with Crippen molar-refractivity contribution in [1.82, 2.24) is 4.90 Å². The first kappa shape index (κ1) is 16.0. The van der Waals surface area contributed by atoms with E-state index >= 15 is 0 Å². The summed E-state index contributed by atoms with van der Waals surface area (Å²) in [6.07, 6.45) is 1.11. The zero-order chi connectivity index (χ0) is 15.1. The van der Waals surface area contributed by atoms with E-state index in [2.05, 4.69) is 5.16 Å². The average molecular weight is 278 g/mol. The normalized spacial score (nSPS) is 11.3. The second kappa shape index (κ2) is 7.53. The van der Waals surface area contributed by atoms with E-state index in [1.165, 1.54) is 0 Å². The van der Waals surface area contributed by atoms with Crippen LogP contribution < -0.4 is 4.74 Å². The van der Waals surface area contributed by atoms with Crippen molar-refractivity contribution in [3.8, 4) is 5.75 Å². The zero-order valence-electron chi connectivity index (χ0n) is 12.5. The molecule has 5 nitrogen and oxygen atoms in total. The van der Waals surface area contributed by atoms with Crippen molar-refractivity contribution in [2.45, 2.75) is 26.7 Å². The number of aryl methyl sites for hydroxylation is 1. The molecule has 5 heteroatoms. The molecule has 0 aromatic heterocycles. The standard InChI is InChI=1S/C15H22N2O3/c1-11-7-8-13(12(2)16-19)14(10-11)20-9-5-6-15(18)17(3)4/h7-8,10,19H,5-6,9H2,1-4H3. The first-order chi connectivity index (χ1) is 9.45. The van der Waals surface area contributed by atoms with E-state index in [1.807, 2.05) is 25.1 Å². The van der Waals surface area contributed by atoms with Crippen LogP contribution in [0.5, 0.6) is 5.75 Å². The Bertz CT molecular complexity index is 496. The summed E-state index contributed by atoms with van der Waals surface area (Å²) in [7, 11) is 3.48. The van der Waals surface area contributed by atoms with Crippen molar-refractivity contribution in [1.29, 1.82) is 0 Å². The van der Waals surface area contributed by atoms with Crippen molar-refractivity contribution in [2.24, 2.45) is 5.16 Å². The summed E-state index contributed by atoms with van der Waals surface area (Å²) in [5.41, 5.74) is 2.33. The highest BCUT2D eigenvalue weighted by Gasteiger charge is 2.09. The van der Waals surface area contributed by atoms with Gasteiger partial charge in [0, 0.05) is 26.1 Å². The van der Waals surface area contributed by atoms with Gasteiger partial charge in [-0.1, -0.05) is 11.2 Å². The number of amides is 1. The predicted molar refractivity (Wildman–Crippen MR) is 78.6 cm³/mol. The lowest BCUT2D eigenvalue weighted by Gasteiger charge is -2.13. The van der Waals surface area contributed by atoms with Crippen LogP contribution in [-0.2, 0) is 4.79 Å². The lowest BCUT2D eigenvalue weighted by Crippen LogP contribution is -2.21. The van der Waals surface area contributed by atoms with Crippen LogP contribution in [0.1, 0.15) is 30.9 Å². The number of oxime groups is 1. The topological polar surface area (TPSA) is 62.1 Å². The molecule has 0 saturated carbocycles. The molecule has 0 bridgehead atoms. The van der Waals surface area contributed by atoms with Gasteiger partial charge in [-0.3, -0.25) is 4.79 Å². The van der Waals surface area contributed by atoms with E-state index in [0.717, 1.165) is 11.1 Å². The predicted octanol–water partition coefficient (Wildman–Crippen LogP) is 2.44. The van der Waals surface area contributed by atoms with E-state index in [1.54, 1.807) is 25.9 Å². The molecule has 1 aromatic carbocycles. The maximum Gasteiger partial charge on any atom is 0.222 e. The molecule has 1 aromatic rings. The van der Waals surface area contributed by atoms with Gasteiger partial charge in [-0.2, -0.15) is 0 Å². The molecule has 1 N–H and O–H groups in total. The summed E-state index contributed by atoms with van der Waals surface area (Å²) < 4.78 is 5.71. The smallest absolute Gasteiger partial charge is 0.222 e. The Morgan fingerprint density at radius 1 is 1.40 bits per heavy atom. The molecule has 0 aliphatic carbocycles. The number of hydrogen-bond acceptors (Lipinski definition) is 4. The van der Waals surface area contributed by atoms with Gasteiger partial charge in [-0.15, -0.1) is 0 Å². The minimum atomic E-state index is 0.0890. The number of carbonyl (C=O) groups excluding carboxylic acids is 1. The Hall–Kier alpha value is -2.04. The minimum Gasteiger partial charge on any atom is -0.493 e. The molecule has 0 aliphatic rings. The fourth-order valence-corrected chi connectivity index (χ4v) is 1.73. The van der Waals surface area contributed by atoms with Crippen LogP contribution >= 0.6 is 0 Å². The van der Waals surface area contributed by atoms with Crippen LogP contribution in [-0.4, -0.2) is 42.4 Å². The van der Waals surface area contributed by atoms with Gasteiger partial charge in [0.2, 0.25) is 5.91 Å². The van der Waals surface area contributed by atoms with E-state index in [-0.39, 0.29) is 5.91 Å². The van der Waals surface area contributed by atoms with Crippen LogP contribution in [0.15, 0.2) is 23.4 Å². The minimum absolute atomic E-state index is 0.0890. The van der Waals surface area contributed by atoms with Crippen LogP contribution in [0.4, 0.5) is 0 Å². The van der Waals surface area contributed by atoms with Gasteiger partial charge in [0.1, 0.15) is 5.75 Å². The highest BCUT2D eigenvalue weighted by Crippen LogP contribution is 2.21. The van der Waals surface area contributed by atoms with Crippen molar-refractivity contribution in [3.05, 3.63) is 29.3 Å². The zero-order valence-corrected chi connectivity index (χ0v) is 12.5. The Morgan fingerprint density at radius 3 is 2.70 bits per heavy atom.